The summed E-state index contributed by atoms with van der Waals surface area (Å²) in [5.74, 6) is 0.958. The van der Waals surface area contributed by atoms with Gasteiger partial charge in [-0.2, -0.15) is 4.98 Å². The molecule has 0 radical (unpaired) electrons. The second kappa shape index (κ2) is 5.38. The maximum atomic E-state index is 5.94. The number of benzene rings is 1. The summed E-state index contributed by atoms with van der Waals surface area (Å²) in [6, 6.07) is 7.57. The van der Waals surface area contributed by atoms with Gasteiger partial charge in [-0.15, -0.1) is 0 Å². The van der Waals surface area contributed by atoms with Crippen LogP contribution in [0.1, 0.15) is 17.1 Å². The molecule has 0 saturated carbocycles. The molecular formula is C14H11ClN4O. The number of aromatic nitrogens is 4. The van der Waals surface area contributed by atoms with E-state index in [4.69, 9.17) is 16.1 Å². The molecule has 2 aromatic heterocycles. The van der Waals surface area contributed by atoms with Gasteiger partial charge in [0, 0.05) is 17.6 Å². The van der Waals surface area contributed by atoms with Crippen LogP contribution in [0.15, 0.2) is 41.2 Å². The lowest BCUT2D eigenvalue weighted by molar-refractivity contribution is 0.422. The van der Waals surface area contributed by atoms with Gasteiger partial charge in [-0.1, -0.05) is 28.9 Å². The fourth-order valence-corrected chi connectivity index (χ4v) is 1.98. The quantitative estimate of drug-likeness (QED) is 0.740. The molecule has 1 aromatic carbocycles. The molecule has 0 fully saturated rings. The number of nitrogens with zero attached hydrogens (tertiary/aromatic N) is 4. The molecule has 5 nitrogen and oxygen atoms in total. The Morgan fingerprint density at radius 2 is 2.10 bits per heavy atom. The first kappa shape index (κ1) is 12.7. The molecule has 0 bridgehead atoms. The Bertz CT molecular complexity index is 724. The Hall–Kier alpha value is -2.27. The molecule has 0 aliphatic carbocycles. The Balaban J connectivity index is 1.82. The van der Waals surface area contributed by atoms with Gasteiger partial charge < -0.3 is 4.52 Å². The third-order valence-corrected chi connectivity index (χ3v) is 2.95. The maximum absolute atomic E-state index is 5.94. The first-order valence-corrected chi connectivity index (χ1v) is 6.44. The molecule has 20 heavy (non-hydrogen) atoms. The van der Waals surface area contributed by atoms with E-state index in [1.165, 1.54) is 0 Å². The number of aryl methyl sites for hydroxylation is 1. The summed E-state index contributed by atoms with van der Waals surface area (Å²) in [4.78, 5) is 12.7. The van der Waals surface area contributed by atoms with Gasteiger partial charge in [-0.05, 0) is 24.6 Å². The van der Waals surface area contributed by atoms with Gasteiger partial charge >= 0.3 is 0 Å². The predicted molar refractivity (Wildman–Crippen MR) is 74.3 cm³/mol. The second-order valence-corrected chi connectivity index (χ2v) is 4.80. The normalized spacial score (nSPS) is 10.7. The monoisotopic (exact) mass is 286 g/mol. The molecule has 2 heterocycles. The second-order valence-electron chi connectivity index (χ2n) is 4.37. The van der Waals surface area contributed by atoms with Gasteiger partial charge in [0.15, 0.2) is 5.82 Å². The van der Waals surface area contributed by atoms with Crippen LogP contribution in [0.3, 0.4) is 0 Å². The van der Waals surface area contributed by atoms with Crippen LogP contribution in [-0.4, -0.2) is 20.1 Å². The molecular weight excluding hydrogens is 276 g/mol. The molecule has 0 unspecified atom stereocenters. The van der Waals surface area contributed by atoms with Gasteiger partial charge in [0.25, 0.3) is 5.89 Å². The van der Waals surface area contributed by atoms with Crippen LogP contribution in [0.2, 0.25) is 5.02 Å². The lowest BCUT2D eigenvalue weighted by Gasteiger charge is -1.96. The van der Waals surface area contributed by atoms with E-state index in [1.54, 1.807) is 12.4 Å². The average molecular weight is 287 g/mol. The lowest BCUT2D eigenvalue weighted by Crippen LogP contribution is -1.91. The van der Waals surface area contributed by atoms with E-state index in [0.29, 0.717) is 28.9 Å². The van der Waals surface area contributed by atoms with Crippen molar-refractivity contribution in [3.63, 3.8) is 0 Å². The largest absolute Gasteiger partial charge is 0.332 e. The lowest BCUT2D eigenvalue weighted by atomic mass is 10.1. The van der Waals surface area contributed by atoms with Crippen LogP contribution >= 0.6 is 11.6 Å². The van der Waals surface area contributed by atoms with Crippen molar-refractivity contribution in [2.45, 2.75) is 13.3 Å². The first-order valence-electron chi connectivity index (χ1n) is 6.07. The highest BCUT2D eigenvalue weighted by Gasteiger charge is 2.11. The Kier molecular flexibility index (Phi) is 3.43. The third kappa shape index (κ3) is 2.83. The van der Waals surface area contributed by atoms with E-state index in [0.717, 1.165) is 11.3 Å². The zero-order chi connectivity index (χ0) is 13.9. The molecule has 0 saturated heterocycles. The van der Waals surface area contributed by atoms with Gasteiger partial charge in [0.2, 0.25) is 0 Å². The molecule has 3 rings (SSSR count). The maximum Gasteiger partial charge on any atom is 0.278 e. The van der Waals surface area contributed by atoms with Crippen LogP contribution in [0, 0.1) is 6.92 Å². The highest BCUT2D eigenvalue weighted by atomic mass is 35.5. The van der Waals surface area contributed by atoms with E-state index in [1.807, 2.05) is 31.2 Å². The van der Waals surface area contributed by atoms with Crippen LogP contribution in [-0.2, 0) is 6.42 Å². The van der Waals surface area contributed by atoms with Gasteiger partial charge in [0.1, 0.15) is 5.69 Å². The zero-order valence-corrected chi connectivity index (χ0v) is 11.5. The van der Waals surface area contributed by atoms with Crippen LogP contribution in [0.5, 0.6) is 0 Å². The summed E-state index contributed by atoms with van der Waals surface area (Å²) in [6.45, 7) is 1.87. The van der Waals surface area contributed by atoms with Crippen molar-refractivity contribution in [3.05, 3.63) is 58.8 Å². The fourth-order valence-electron chi connectivity index (χ4n) is 1.76. The molecule has 0 N–H and O–H groups in total. The predicted octanol–water partition coefficient (Wildman–Crippen LogP) is 3.08. The molecule has 100 valence electrons. The molecule has 0 aliphatic heterocycles. The highest BCUT2D eigenvalue weighted by Crippen LogP contribution is 2.16. The summed E-state index contributed by atoms with van der Waals surface area (Å²) < 4.78 is 5.20. The minimum absolute atomic E-state index is 0.370. The third-order valence-electron chi connectivity index (χ3n) is 2.72. The number of hydrogen-bond acceptors (Lipinski definition) is 5. The minimum atomic E-state index is 0.370. The number of rotatable bonds is 3. The smallest absolute Gasteiger partial charge is 0.278 e. The van der Waals surface area contributed by atoms with Crippen LogP contribution < -0.4 is 0 Å². The summed E-state index contributed by atoms with van der Waals surface area (Å²) in [6.07, 6.45) is 3.84. The summed E-state index contributed by atoms with van der Waals surface area (Å²) in [7, 11) is 0. The first-order chi connectivity index (χ1) is 9.70. The molecule has 3 aromatic rings. The fraction of sp³-hybridized carbons (Fsp3) is 0.143. The average Bonchev–Trinajstić information content (AvgIpc) is 2.88. The number of hydrogen-bond donors (Lipinski definition) is 0. The van der Waals surface area contributed by atoms with Gasteiger partial charge in [-0.3, -0.25) is 4.98 Å². The highest BCUT2D eigenvalue weighted by molar-refractivity contribution is 6.30. The van der Waals surface area contributed by atoms with E-state index < -0.39 is 0 Å². The van der Waals surface area contributed by atoms with Crippen molar-refractivity contribution < 1.29 is 4.52 Å². The van der Waals surface area contributed by atoms with Crippen molar-refractivity contribution in [1.29, 1.82) is 0 Å². The SMILES string of the molecule is Cc1cnc(-c2nc(Cc3cccc(Cl)c3)no2)cn1. The van der Waals surface area contributed by atoms with Crippen LogP contribution in [0.4, 0.5) is 0 Å². The Morgan fingerprint density at radius 3 is 2.85 bits per heavy atom. The Morgan fingerprint density at radius 1 is 1.20 bits per heavy atom. The molecule has 0 atom stereocenters. The van der Waals surface area contributed by atoms with Crippen molar-refractivity contribution in [2.24, 2.45) is 0 Å². The van der Waals surface area contributed by atoms with E-state index in [-0.39, 0.29) is 0 Å². The summed E-state index contributed by atoms with van der Waals surface area (Å²) in [5, 5.41) is 4.63. The van der Waals surface area contributed by atoms with E-state index in [2.05, 4.69) is 20.1 Å². The van der Waals surface area contributed by atoms with Crippen molar-refractivity contribution in [1.82, 2.24) is 20.1 Å². The topological polar surface area (TPSA) is 64.7 Å². The van der Waals surface area contributed by atoms with Crippen molar-refractivity contribution in [3.8, 4) is 11.6 Å². The summed E-state index contributed by atoms with van der Waals surface area (Å²) in [5.41, 5.74) is 2.44. The number of halogens is 1. The molecule has 6 heteroatoms. The zero-order valence-electron chi connectivity index (χ0n) is 10.7. The van der Waals surface area contributed by atoms with E-state index in [9.17, 15) is 0 Å². The molecule has 0 spiro atoms. The van der Waals surface area contributed by atoms with Gasteiger partial charge in [-0.25, -0.2) is 4.98 Å². The molecule has 0 aliphatic rings. The minimum Gasteiger partial charge on any atom is -0.332 e. The summed E-state index contributed by atoms with van der Waals surface area (Å²) >= 11 is 5.94. The molecule has 0 amide bonds. The van der Waals surface area contributed by atoms with Crippen molar-refractivity contribution in [2.75, 3.05) is 0 Å². The standard InChI is InChI=1S/C14H11ClN4O/c1-9-7-17-12(8-16-9)14-18-13(19-20-14)6-10-3-2-4-11(15)5-10/h2-5,7-8H,6H2,1H3. The van der Waals surface area contributed by atoms with Gasteiger partial charge in [0.05, 0.1) is 11.9 Å². The van der Waals surface area contributed by atoms with Crippen LogP contribution in [0.25, 0.3) is 11.6 Å². The Labute approximate surface area is 120 Å². The van der Waals surface area contributed by atoms with Crippen molar-refractivity contribution >= 4 is 11.6 Å². The van der Waals surface area contributed by atoms with E-state index >= 15 is 0 Å².